The van der Waals surface area contributed by atoms with Gasteiger partial charge in [-0.05, 0) is 49.2 Å². The van der Waals surface area contributed by atoms with E-state index in [4.69, 9.17) is 33.2 Å². The number of carbonyl (C=O) groups excluding carboxylic acids is 2. The van der Waals surface area contributed by atoms with Crippen LogP contribution in [0.3, 0.4) is 0 Å². The largest absolute Gasteiger partial charge is 0.450 e. The van der Waals surface area contributed by atoms with E-state index in [1.54, 1.807) is 24.0 Å². The molecule has 1 aliphatic rings. The summed E-state index contributed by atoms with van der Waals surface area (Å²) < 4.78 is 4.90. The molecule has 1 aliphatic heterocycles. The molecule has 2 aromatic rings. The van der Waals surface area contributed by atoms with Gasteiger partial charge < -0.3 is 21.1 Å². The molecule has 0 unspecified atom stereocenters. The highest BCUT2D eigenvalue weighted by molar-refractivity contribution is 6.33. The van der Waals surface area contributed by atoms with Gasteiger partial charge in [-0.2, -0.15) is 0 Å². The van der Waals surface area contributed by atoms with Gasteiger partial charge in [0, 0.05) is 35.4 Å². The summed E-state index contributed by atoms with van der Waals surface area (Å²) in [5.41, 5.74) is 15.7. The Morgan fingerprint density at radius 3 is 2.66 bits per heavy atom. The van der Waals surface area contributed by atoms with Gasteiger partial charge in [-0.1, -0.05) is 30.7 Å². The molecule has 0 atom stereocenters. The van der Waals surface area contributed by atoms with Crippen LogP contribution in [0.2, 0.25) is 5.02 Å². The lowest BCUT2D eigenvalue weighted by atomic mass is 9.99. The maximum Gasteiger partial charge on any atom is 0.411 e. The number of aliphatic imine (C=N–C) groups is 1. The van der Waals surface area contributed by atoms with Crippen LogP contribution < -0.4 is 16.8 Å². The van der Waals surface area contributed by atoms with Crippen molar-refractivity contribution in [2.75, 3.05) is 25.0 Å². The number of hydrogen-bond donors (Lipinski definition) is 4. The molecule has 2 aromatic carbocycles. The highest BCUT2D eigenvalue weighted by Gasteiger charge is 2.20. The Labute approximate surface area is 209 Å². The van der Waals surface area contributed by atoms with Gasteiger partial charge in [-0.15, -0.1) is 0 Å². The fraction of sp³-hybridized carbons (Fsp3) is 0.280. The van der Waals surface area contributed by atoms with Gasteiger partial charge in [0.15, 0.2) is 0 Å². The van der Waals surface area contributed by atoms with E-state index < -0.39 is 12.0 Å². The molecule has 3 rings (SSSR count). The molecule has 2 amide bonds. The molecule has 0 bridgehead atoms. The van der Waals surface area contributed by atoms with Crippen molar-refractivity contribution in [3.63, 3.8) is 0 Å². The number of nitrogens with one attached hydrogen (secondary N) is 2. The van der Waals surface area contributed by atoms with E-state index in [1.165, 1.54) is 0 Å². The predicted molar refractivity (Wildman–Crippen MR) is 140 cm³/mol. The summed E-state index contributed by atoms with van der Waals surface area (Å²) in [6.45, 7) is 4.44. The van der Waals surface area contributed by atoms with Crippen LogP contribution in [0.15, 0.2) is 47.0 Å². The second-order valence-corrected chi connectivity index (χ2v) is 8.41. The number of halogens is 1. The number of amidine groups is 2. The van der Waals surface area contributed by atoms with Crippen LogP contribution in [0.4, 0.5) is 16.2 Å². The van der Waals surface area contributed by atoms with Crippen LogP contribution >= 0.6 is 11.6 Å². The number of nitrogens with two attached hydrogens (primary N) is 2. The summed E-state index contributed by atoms with van der Waals surface area (Å²) in [5.74, 6) is 0.0576. The number of fused-ring (bicyclic) bond motifs is 1. The monoisotopic (exact) mass is 496 g/mol. The van der Waals surface area contributed by atoms with E-state index in [0.29, 0.717) is 34.4 Å². The molecule has 9 nitrogen and oxygen atoms in total. The first-order valence-electron chi connectivity index (χ1n) is 11.2. The summed E-state index contributed by atoms with van der Waals surface area (Å²) >= 11 is 6.53. The summed E-state index contributed by atoms with van der Waals surface area (Å²) in [7, 11) is 0. The molecule has 1 heterocycles. The van der Waals surface area contributed by atoms with E-state index in [0.717, 1.165) is 23.1 Å². The highest BCUT2D eigenvalue weighted by Crippen LogP contribution is 2.35. The second kappa shape index (κ2) is 11.5. The molecule has 0 aliphatic carbocycles. The van der Waals surface area contributed by atoms with Crippen molar-refractivity contribution >= 4 is 52.7 Å². The maximum absolute atomic E-state index is 11.7. The fourth-order valence-corrected chi connectivity index (χ4v) is 4.05. The zero-order valence-electron chi connectivity index (χ0n) is 19.7. The van der Waals surface area contributed by atoms with Crippen molar-refractivity contribution < 1.29 is 14.3 Å². The van der Waals surface area contributed by atoms with Gasteiger partial charge in [0.2, 0.25) is 5.91 Å². The second-order valence-electron chi connectivity index (χ2n) is 8.00. The smallest absolute Gasteiger partial charge is 0.411 e. The Bertz CT molecular complexity index is 1210. The number of benzene rings is 2. The number of carbonyl (C=O) groups is 2. The minimum atomic E-state index is -0.551. The number of ether oxygens (including phenoxy) is 1. The van der Waals surface area contributed by atoms with E-state index in [1.807, 2.05) is 37.3 Å². The Morgan fingerprint density at radius 2 is 2.00 bits per heavy atom. The topological polar surface area (TPSA) is 147 Å². The van der Waals surface area contributed by atoms with Gasteiger partial charge in [0.25, 0.3) is 0 Å². The summed E-state index contributed by atoms with van der Waals surface area (Å²) in [5, 5.41) is 11.8. The molecule has 10 heteroatoms. The number of amides is 2. The van der Waals surface area contributed by atoms with Crippen LogP contribution in [-0.4, -0.2) is 48.3 Å². The first-order chi connectivity index (χ1) is 16.7. The quantitative estimate of drug-likeness (QED) is 0.313. The van der Waals surface area contributed by atoms with Crippen molar-refractivity contribution in [3.05, 3.63) is 52.6 Å². The molecule has 0 fully saturated rings. The lowest BCUT2D eigenvalue weighted by Crippen LogP contribution is -2.39. The first-order valence-corrected chi connectivity index (χ1v) is 11.6. The van der Waals surface area contributed by atoms with E-state index >= 15 is 0 Å². The Balaban J connectivity index is 1.96. The molecule has 35 heavy (non-hydrogen) atoms. The average Bonchev–Trinajstić information content (AvgIpc) is 2.95. The fourth-order valence-electron chi connectivity index (χ4n) is 3.76. The van der Waals surface area contributed by atoms with E-state index in [9.17, 15) is 9.59 Å². The van der Waals surface area contributed by atoms with Crippen molar-refractivity contribution in [3.8, 4) is 11.1 Å². The van der Waals surface area contributed by atoms with Gasteiger partial charge >= 0.3 is 6.09 Å². The van der Waals surface area contributed by atoms with Gasteiger partial charge in [-0.3, -0.25) is 15.5 Å². The third kappa shape index (κ3) is 6.60. The van der Waals surface area contributed by atoms with Crippen LogP contribution in [0.5, 0.6) is 0 Å². The summed E-state index contributed by atoms with van der Waals surface area (Å²) in [4.78, 5) is 29.3. The number of primary amides is 1. The standard InChI is InChI=1S/C25H29ClN6O3/c1-3-9-32(14-23(28)33)24(29)17-11-16-10-15(5-8-21(16)31-22(27)12-17)19-7-6-18(13-20(19)26)30-25(34)35-4-2/h5-8,10-11,13,29H,3-4,9,12,14H2,1-2H3,(H2,27,31)(H2,28,33)(H,30,34). The Hall–Kier alpha value is -3.85. The van der Waals surface area contributed by atoms with Gasteiger partial charge in [0.05, 0.1) is 23.9 Å². The van der Waals surface area contributed by atoms with Gasteiger partial charge in [0.1, 0.15) is 11.7 Å². The van der Waals surface area contributed by atoms with Crippen LogP contribution in [-0.2, 0) is 9.53 Å². The molecular weight excluding hydrogens is 468 g/mol. The molecule has 0 aromatic heterocycles. The van der Waals surface area contributed by atoms with Crippen molar-refractivity contribution in [2.24, 2.45) is 16.5 Å². The molecule has 6 N–H and O–H groups in total. The van der Waals surface area contributed by atoms with Crippen molar-refractivity contribution in [1.29, 1.82) is 5.41 Å². The molecule has 0 spiro atoms. The summed E-state index contributed by atoms with van der Waals surface area (Å²) in [6.07, 6.45) is 2.34. The molecule has 184 valence electrons. The zero-order chi connectivity index (χ0) is 25.5. The van der Waals surface area contributed by atoms with Crippen LogP contribution in [0, 0.1) is 5.41 Å². The molecule has 0 saturated carbocycles. The average molecular weight is 497 g/mol. The molecule has 0 saturated heterocycles. The SMILES string of the molecule is CCCN(CC(N)=O)C(=N)C1=Cc2cc(-c3ccc(NC(=O)OCC)cc3Cl)ccc2N=C(N)C1. The van der Waals surface area contributed by atoms with Crippen molar-refractivity contribution in [1.82, 2.24) is 4.90 Å². The summed E-state index contributed by atoms with van der Waals surface area (Å²) in [6, 6.07) is 10.8. The third-order valence-electron chi connectivity index (χ3n) is 5.26. The number of rotatable bonds is 8. The van der Waals surface area contributed by atoms with Crippen LogP contribution in [0.25, 0.3) is 17.2 Å². The normalized spacial score (nSPS) is 12.5. The van der Waals surface area contributed by atoms with Crippen molar-refractivity contribution in [2.45, 2.75) is 26.7 Å². The highest BCUT2D eigenvalue weighted by atomic mass is 35.5. The number of nitrogens with zero attached hydrogens (tertiary/aromatic N) is 2. The third-order valence-corrected chi connectivity index (χ3v) is 5.57. The molecular formula is C25H29ClN6O3. The van der Waals surface area contributed by atoms with E-state index in [-0.39, 0.29) is 25.4 Å². The minimum absolute atomic E-state index is 0.0459. The Kier molecular flexibility index (Phi) is 8.48. The Morgan fingerprint density at radius 1 is 1.23 bits per heavy atom. The maximum atomic E-state index is 11.7. The zero-order valence-corrected chi connectivity index (χ0v) is 20.5. The minimum Gasteiger partial charge on any atom is -0.450 e. The molecule has 0 radical (unpaired) electrons. The lowest BCUT2D eigenvalue weighted by Gasteiger charge is -2.24. The lowest BCUT2D eigenvalue weighted by molar-refractivity contribution is -0.118. The first kappa shape index (κ1) is 25.8. The van der Waals surface area contributed by atoms with Gasteiger partial charge in [-0.25, -0.2) is 9.79 Å². The number of anilines is 1. The van der Waals surface area contributed by atoms with E-state index in [2.05, 4.69) is 10.3 Å². The number of hydrogen-bond acceptors (Lipinski definition) is 6. The predicted octanol–water partition coefficient (Wildman–Crippen LogP) is 4.53. The van der Waals surface area contributed by atoms with Crippen LogP contribution in [0.1, 0.15) is 32.3 Å².